The quantitative estimate of drug-likeness (QED) is 0.0731. The van der Waals surface area contributed by atoms with E-state index in [4.69, 9.17) is 0 Å². The van der Waals surface area contributed by atoms with E-state index in [-0.39, 0.29) is 59.5 Å². The molecule has 0 bridgehead atoms. The first-order valence-electron chi connectivity index (χ1n) is 13.1. The fraction of sp³-hybridized carbons (Fsp3) is 0.840. The van der Waals surface area contributed by atoms with Crippen molar-refractivity contribution in [3.05, 3.63) is 12.2 Å². The van der Waals surface area contributed by atoms with Crippen molar-refractivity contribution in [2.75, 3.05) is 38.5 Å². The molecule has 1 rings (SSSR count). The van der Waals surface area contributed by atoms with Gasteiger partial charge in [0.1, 0.15) is 25.7 Å². The smallest absolute Gasteiger partial charge is 0.748 e. The molecule has 35 heavy (non-hydrogen) atoms. The predicted octanol–water partition coefficient (Wildman–Crippen LogP) is 0.334. The van der Waals surface area contributed by atoms with E-state index in [2.05, 4.69) is 24.1 Å². The number of unbranched alkanes of at least 4 members (excludes halogenated alkanes) is 10. The van der Waals surface area contributed by atoms with Gasteiger partial charge in [-0.1, -0.05) is 70.4 Å². The van der Waals surface area contributed by atoms with Gasteiger partial charge in [-0.05, 0) is 25.7 Å². The van der Waals surface area contributed by atoms with Crippen LogP contribution in [0.2, 0.25) is 0 Å². The van der Waals surface area contributed by atoms with Crippen molar-refractivity contribution < 1.29 is 62.0 Å². The van der Waals surface area contributed by atoms with E-state index in [1.165, 1.54) is 51.4 Å². The molecule has 2 atom stereocenters. The van der Waals surface area contributed by atoms with Crippen molar-refractivity contribution in [1.82, 2.24) is 0 Å². The van der Waals surface area contributed by atoms with Crippen molar-refractivity contribution in [2.24, 2.45) is 4.99 Å². The van der Waals surface area contributed by atoms with Gasteiger partial charge in [-0.15, -0.1) is 0 Å². The number of aliphatic hydroxyl groups excluding tert-OH is 2. The van der Waals surface area contributed by atoms with E-state index < -0.39 is 22.0 Å². The van der Waals surface area contributed by atoms with Gasteiger partial charge in [-0.25, -0.2) is 13.4 Å². The Hall–Kier alpha value is -0.130. The molecule has 8 nitrogen and oxygen atoms in total. The first-order chi connectivity index (χ1) is 16.2. The number of aliphatic imine (C=N–C) groups is 1. The molecule has 1 aliphatic rings. The standard InChI is InChI=1S/C25H46N2O6S.Na/c1-2-3-4-5-6-7-8-9-10-11-12-13-14-15-16-24(30)25-26-17-18-27(25,19-20-28)21-23(29)22-34(31,32)33;/h3-4,23,28-29H,2,5-22H2,1H3;/q;+1/b4-3+;. The van der Waals surface area contributed by atoms with Crippen molar-refractivity contribution in [3.8, 4) is 0 Å². The van der Waals surface area contributed by atoms with E-state index in [9.17, 15) is 28.0 Å². The Bertz CT molecular complexity index is 744. The van der Waals surface area contributed by atoms with Crippen molar-refractivity contribution >= 4 is 21.7 Å². The van der Waals surface area contributed by atoms with Crippen LogP contribution in [0.1, 0.15) is 90.4 Å². The topological polar surface area (TPSA) is 127 Å². The van der Waals surface area contributed by atoms with Crippen LogP contribution in [-0.4, -0.2) is 83.9 Å². The van der Waals surface area contributed by atoms with Gasteiger partial charge in [0, 0.05) is 6.42 Å². The molecule has 0 amide bonds. The van der Waals surface area contributed by atoms with Gasteiger partial charge >= 0.3 is 29.6 Å². The zero-order valence-corrected chi connectivity index (χ0v) is 24.8. The summed E-state index contributed by atoms with van der Waals surface area (Å²) in [5, 5.41) is 19.6. The number of allylic oxidation sites excluding steroid dienone is 2. The number of Topliss-reactive ketones (excluding diaryl/α,β-unsaturated/α-hetero) is 1. The molecule has 0 spiro atoms. The van der Waals surface area contributed by atoms with Crippen LogP contribution in [0.25, 0.3) is 0 Å². The zero-order chi connectivity index (χ0) is 25.3. The fourth-order valence-corrected chi connectivity index (χ4v) is 5.26. The molecular weight excluding hydrogens is 479 g/mol. The molecule has 198 valence electrons. The third kappa shape index (κ3) is 15.7. The summed E-state index contributed by atoms with van der Waals surface area (Å²) in [7, 11) is -4.58. The largest absolute Gasteiger partial charge is 1.00 e. The third-order valence-corrected chi connectivity index (χ3v) is 7.19. The Balaban J connectivity index is 0.0000116. The summed E-state index contributed by atoms with van der Waals surface area (Å²) in [6, 6.07) is 0. The second kappa shape index (κ2) is 19.9. The van der Waals surface area contributed by atoms with Gasteiger partial charge < -0.3 is 14.8 Å². The Kier molecular flexibility index (Phi) is 19.8. The zero-order valence-electron chi connectivity index (χ0n) is 22.0. The average Bonchev–Trinajstić information content (AvgIpc) is 3.15. The molecule has 0 saturated heterocycles. The molecule has 0 aromatic heterocycles. The van der Waals surface area contributed by atoms with Crippen LogP contribution in [0.4, 0.5) is 0 Å². The van der Waals surface area contributed by atoms with E-state index in [0.717, 1.165) is 25.7 Å². The first-order valence-corrected chi connectivity index (χ1v) is 14.6. The van der Waals surface area contributed by atoms with Crippen LogP contribution in [0.15, 0.2) is 17.1 Å². The summed E-state index contributed by atoms with van der Waals surface area (Å²) in [5.74, 6) is -0.727. The van der Waals surface area contributed by atoms with Crippen molar-refractivity contribution in [3.63, 3.8) is 0 Å². The molecule has 2 unspecified atom stereocenters. The predicted molar refractivity (Wildman–Crippen MR) is 135 cm³/mol. The minimum absolute atomic E-state index is 0. The van der Waals surface area contributed by atoms with Gasteiger partial charge in [0.2, 0.25) is 5.78 Å². The van der Waals surface area contributed by atoms with Crippen LogP contribution in [-0.2, 0) is 14.9 Å². The van der Waals surface area contributed by atoms with Crippen LogP contribution in [0.3, 0.4) is 0 Å². The molecule has 2 N–H and O–H groups in total. The number of hydrogen-bond donors (Lipinski definition) is 2. The maximum Gasteiger partial charge on any atom is 1.00 e. The Labute approximate surface area is 234 Å². The number of carbonyl (C=O) groups is 1. The third-order valence-electron chi connectivity index (χ3n) is 6.40. The molecule has 0 saturated carbocycles. The maximum atomic E-state index is 12.8. The van der Waals surface area contributed by atoms with Gasteiger partial charge in [-0.2, -0.15) is 0 Å². The van der Waals surface area contributed by atoms with Crippen LogP contribution in [0.5, 0.6) is 0 Å². The molecule has 0 aromatic rings. The number of rotatable bonds is 21. The van der Waals surface area contributed by atoms with Gasteiger partial charge in [-0.3, -0.25) is 9.28 Å². The SMILES string of the molecule is CC/C=C/CCCCCCCCCCCCC(=O)C1=NCC[N+]1(CCO)CC(O)CS(=O)(=O)[O-].[Na+]. The van der Waals surface area contributed by atoms with Crippen LogP contribution < -0.4 is 29.6 Å². The molecule has 1 aliphatic heterocycles. The summed E-state index contributed by atoms with van der Waals surface area (Å²) in [5.41, 5.74) is 0. The molecule has 0 fully saturated rings. The van der Waals surface area contributed by atoms with E-state index in [1.807, 2.05) is 0 Å². The summed E-state index contributed by atoms with van der Waals surface area (Å²) >= 11 is 0. The Morgan fingerprint density at radius 1 is 1.06 bits per heavy atom. The fourth-order valence-electron chi connectivity index (χ4n) is 4.68. The average molecular weight is 526 g/mol. The van der Waals surface area contributed by atoms with E-state index in [1.54, 1.807) is 0 Å². The molecule has 0 aliphatic carbocycles. The van der Waals surface area contributed by atoms with Crippen LogP contribution in [0, 0.1) is 0 Å². The van der Waals surface area contributed by atoms with Gasteiger partial charge in [0.15, 0.2) is 0 Å². The minimum Gasteiger partial charge on any atom is -0.748 e. The number of carbonyl (C=O) groups excluding carboxylic acids is 1. The van der Waals surface area contributed by atoms with Crippen molar-refractivity contribution in [2.45, 2.75) is 96.5 Å². The molecule has 0 radical (unpaired) electrons. The molecule has 1 heterocycles. The minimum atomic E-state index is -4.58. The summed E-state index contributed by atoms with van der Waals surface area (Å²) in [6.45, 7) is 2.78. The van der Waals surface area contributed by atoms with Gasteiger partial charge in [0.25, 0.3) is 5.84 Å². The van der Waals surface area contributed by atoms with Gasteiger partial charge in [0.05, 0.1) is 29.0 Å². The first kappa shape index (κ1) is 34.9. The Morgan fingerprint density at radius 3 is 2.17 bits per heavy atom. The molecule has 10 heteroatoms. The summed E-state index contributed by atoms with van der Waals surface area (Å²) in [4.78, 5) is 17.2. The number of ketones is 1. The monoisotopic (exact) mass is 525 g/mol. The Morgan fingerprint density at radius 2 is 1.63 bits per heavy atom. The summed E-state index contributed by atoms with van der Waals surface area (Å²) in [6.07, 6.45) is 17.5. The number of nitrogens with zero attached hydrogens (tertiary/aromatic N) is 2. The number of quaternary nitrogens is 1. The number of hydrogen-bond acceptors (Lipinski definition) is 7. The van der Waals surface area contributed by atoms with Crippen LogP contribution >= 0.6 is 0 Å². The second-order valence-corrected chi connectivity index (χ2v) is 10.9. The second-order valence-electron chi connectivity index (χ2n) is 9.46. The number of amidine groups is 1. The number of aliphatic hydroxyl groups is 2. The van der Waals surface area contributed by atoms with E-state index >= 15 is 0 Å². The normalized spacial score (nSPS) is 19.0. The maximum absolute atomic E-state index is 12.8. The molecule has 0 aromatic carbocycles. The summed E-state index contributed by atoms with van der Waals surface area (Å²) < 4.78 is 32.9. The van der Waals surface area contributed by atoms with E-state index in [0.29, 0.717) is 25.3 Å². The molecular formula is C25H46N2NaO6S+. The van der Waals surface area contributed by atoms with Crippen molar-refractivity contribution in [1.29, 1.82) is 0 Å².